The first-order chi connectivity index (χ1) is 13.3. The Kier molecular flexibility index (Phi) is 5.10. The van der Waals surface area contributed by atoms with Crippen LogP contribution >= 0.6 is 11.6 Å². The van der Waals surface area contributed by atoms with Gasteiger partial charge in [-0.15, -0.1) is 11.6 Å². The Labute approximate surface area is 164 Å². The lowest BCUT2D eigenvalue weighted by atomic mass is 10.00. The van der Waals surface area contributed by atoms with Gasteiger partial charge >= 0.3 is 0 Å². The number of aromatic nitrogens is 1. The summed E-state index contributed by atoms with van der Waals surface area (Å²) in [5.41, 5.74) is 6.19. The summed E-state index contributed by atoms with van der Waals surface area (Å²) in [6.45, 7) is 0. The number of rotatable bonds is 5. The average molecular weight is 374 g/mol. The van der Waals surface area contributed by atoms with E-state index in [1.54, 1.807) is 0 Å². The van der Waals surface area contributed by atoms with E-state index in [1.165, 1.54) is 0 Å². The standard InChI is InChI=1S/C24H20ClNO/c25-17-18-8-14-22(15-9-18)26-16-4-7-23(26)19-10-12-21(13-11-19)24(27)20-5-2-1-3-6-20/h1-16,24,27H,17H2/t24-/m0/s1. The fraction of sp³-hybridized carbons (Fsp3) is 0.0833. The second-order valence-corrected chi connectivity index (χ2v) is 6.77. The van der Waals surface area contributed by atoms with Crippen LogP contribution in [0.2, 0.25) is 0 Å². The number of halogens is 1. The summed E-state index contributed by atoms with van der Waals surface area (Å²) in [5.74, 6) is 0.518. The molecule has 0 saturated carbocycles. The van der Waals surface area contributed by atoms with Gasteiger partial charge in [0.05, 0.1) is 5.69 Å². The van der Waals surface area contributed by atoms with Gasteiger partial charge in [-0.2, -0.15) is 0 Å². The maximum atomic E-state index is 10.6. The van der Waals surface area contributed by atoms with Crippen molar-refractivity contribution < 1.29 is 5.11 Å². The third-order valence-corrected chi connectivity index (χ3v) is 5.06. The zero-order chi connectivity index (χ0) is 18.6. The fourth-order valence-corrected chi connectivity index (χ4v) is 3.43. The Balaban J connectivity index is 1.62. The van der Waals surface area contributed by atoms with Crippen molar-refractivity contribution in [2.24, 2.45) is 0 Å². The molecule has 0 aliphatic carbocycles. The minimum Gasteiger partial charge on any atom is -0.384 e. The molecule has 0 aliphatic heterocycles. The molecule has 0 radical (unpaired) electrons. The Bertz CT molecular complexity index is 1000. The van der Waals surface area contributed by atoms with Crippen molar-refractivity contribution in [3.8, 4) is 16.9 Å². The molecule has 3 aromatic carbocycles. The van der Waals surface area contributed by atoms with Crippen LogP contribution in [-0.2, 0) is 5.88 Å². The highest BCUT2D eigenvalue weighted by atomic mass is 35.5. The van der Waals surface area contributed by atoms with Gasteiger partial charge in [-0.1, -0.05) is 66.7 Å². The monoisotopic (exact) mass is 373 g/mol. The van der Waals surface area contributed by atoms with Crippen LogP contribution in [0.15, 0.2) is 97.2 Å². The third kappa shape index (κ3) is 3.68. The van der Waals surface area contributed by atoms with Gasteiger partial charge < -0.3 is 9.67 Å². The van der Waals surface area contributed by atoms with Crippen LogP contribution in [0.5, 0.6) is 0 Å². The summed E-state index contributed by atoms with van der Waals surface area (Å²) in [6.07, 6.45) is 1.44. The molecule has 1 N–H and O–H groups in total. The molecule has 2 nitrogen and oxygen atoms in total. The Morgan fingerprint density at radius 2 is 1.41 bits per heavy atom. The van der Waals surface area contributed by atoms with E-state index in [0.717, 1.165) is 33.6 Å². The molecule has 0 spiro atoms. The molecular weight excluding hydrogens is 354 g/mol. The second kappa shape index (κ2) is 7.83. The number of alkyl halides is 1. The normalized spacial score (nSPS) is 12.1. The van der Waals surface area contributed by atoms with E-state index in [9.17, 15) is 5.11 Å². The molecule has 1 heterocycles. The lowest BCUT2D eigenvalue weighted by Gasteiger charge is -2.13. The maximum Gasteiger partial charge on any atom is 0.104 e. The number of benzene rings is 3. The Morgan fingerprint density at radius 1 is 0.741 bits per heavy atom. The van der Waals surface area contributed by atoms with Gasteiger partial charge in [0.1, 0.15) is 6.10 Å². The van der Waals surface area contributed by atoms with Crippen LogP contribution in [0.3, 0.4) is 0 Å². The maximum absolute atomic E-state index is 10.6. The van der Waals surface area contributed by atoms with Crippen molar-refractivity contribution in [3.63, 3.8) is 0 Å². The summed E-state index contributed by atoms with van der Waals surface area (Å²) in [7, 11) is 0. The second-order valence-electron chi connectivity index (χ2n) is 6.50. The van der Waals surface area contributed by atoms with Crippen LogP contribution in [0, 0.1) is 0 Å². The summed E-state index contributed by atoms with van der Waals surface area (Å²) < 4.78 is 2.15. The molecule has 0 bridgehead atoms. The largest absolute Gasteiger partial charge is 0.384 e. The SMILES string of the molecule is O[C@@H](c1ccccc1)c1ccc(-c2cccn2-c2ccc(CCl)cc2)cc1. The van der Waals surface area contributed by atoms with E-state index in [1.807, 2.05) is 60.7 Å². The molecule has 0 amide bonds. The molecule has 27 heavy (non-hydrogen) atoms. The fourth-order valence-electron chi connectivity index (χ4n) is 3.25. The molecule has 0 aliphatic rings. The lowest BCUT2D eigenvalue weighted by molar-refractivity contribution is 0.220. The highest BCUT2D eigenvalue weighted by Crippen LogP contribution is 2.27. The van der Waals surface area contributed by atoms with Crippen LogP contribution in [0.4, 0.5) is 0 Å². The first kappa shape index (κ1) is 17.6. The van der Waals surface area contributed by atoms with Crippen molar-refractivity contribution in [2.45, 2.75) is 12.0 Å². The molecule has 0 fully saturated rings. The highest BCUT2D eigenvalue weighted by molar-refractivity contribution is 6.17. The summed E-state index contributed by atoms with van der Waals surface area (Å²) in [5, 5.41) is 10.6. The molecular formula is C24H20ClNO. The van der Waals surface area contributed by atoms with Crippen molar-refractivity contribution in [3.05, 3.63) is 114 Å². The molecule has 134 valence electrons. The lowest BCUT2D eigenvalue weighted by Crippen LogP contribution is -1.99. The summed E-state index contributed by atoms with van der Waals surface area (Å²) in [4.78, 5) is 0. The van der Waals surface area contributed by atoms with Gasteiger partial charge in [-0.3, -0.25) is 0 Å². The smallest absolute Gasteiger partial charge is 0.104 e. The summed E-state index contributed by atoms with van der Waals surface area (Å²) in [6, 6.07) is 30.2. The minimum atomic E-state index is -0.616. The molecule has 1 aromatic heterocycles. The van der Waals surface area contributed by atoms with Crippen LogP contribution < -0.4 is 0 Å². The number of aliphatic hydroxyl groups excluding tert-OH is 1. The van der Waals surface area contributed by atoms with Gasteiger partial charge in [0, 0.05) is 17.8 Å². The highest BCUT2D eigenvalue weighted by Gasteiger charge is 2.11. The third-order valence-electron chi connectivity index (χ3n) is 4.76. The van der Waals surface area contributed by atoms with Crippen molar-refractivity contribution >= 4 is 11.6 Å². The molecule has 4 aromatic rings. The van der Waals surface area contributed by atoms with E-state index in [2.05, 4.69) is 41.1 Å². The quantitative estimate of drug-likeness (QED) is 0.429. The molecule has 4 rings (SSSR count). The van der Waals surface area contributed by atoms with E-state index < -0.39 is 6.10 Å². The predicted octanol–water partition coefficient (Wildman–Crippen LogP) is 5.96. The predicted molar refractivity (Wildman–Crippen MR) is 111 cm³/mol. The molecule has 0 unspecified atom stereocenters. The molecule has 1 atom stereocenters. The molecule has 3 heteroatoms. The van der Waals surface area contributed by atoms with Crippen LogP contribution in [0.25, 0.3) is 16.9 Å². The Morgan fingerprint density at radius 3 is 2.07 bits per heavy atom. The number of nitrogens with zero attached hydrogens (tertiary/aromatic N) is 1. The van der Waals surface area contributed by atoms with Crippen molar-refractivity contribution in [1.29, 1.82) is 0 Å². The zero-order valence-corrected chi connectivity index (χ0v) is 15.6. The number of aliphatic hydroxyl groups is 1. The zero-order valence-electron chi connectivity index (χ0n) is 14.8. The van der Waals surface area contributed by atoms with Crippen molar-refractivity contribution in [1.82, 2.24) is 4.57 Å². The number of hydrogen-bond donors (Lipinski definition) is 1. The topological polar surface area (TPSA) is 25.2 Å². The van der Waals surface area contributed by atoms with Gasteiger partial charge in [0.2, 0.25) is 0 Å². The van der Waals surface area contributed by atoms with E-state index in [4.69, 9.17) is 11.6 Å². The van der Waals surface area contributed by atoms with Crippen LogP contribution in [0.1, 0.15) is 22.8 Å². The van der Waals surface area contributed by atoms with E-state index in [-0.39, 0.29) is 0 Å². The van der Waals surface area contributed by atoms with Gasteiger partial charge in [-0.05, 0) is 46.5 Å². The number of hydrogen-bond acceptors (Lipinski definition) is 1. The van der Waals surface area contributed by atoms with Gasteiger partial charge in [0.15, 0.2) is 0 Å². The summed E-state index contributed by atoms with van der Waals surface area (Å²) >= 11 is 5.89. The van der Waals surface area contributed by atoms with Gasteiger partial charge in [0.25, 0.3) is 0 Å². The minimum absolute atomic E-state index is 0.518. The first-order valence-corrected chi connectivity index (χ1v) is 9.46. The van der Waals surface area contributed by atoms with E-state index >= 15 is 0 Å². The average Bonchev–Trinajstić information content (AvgIpc) is 3.24. The molecule has 0 saturated heterocycles. The van der Waals surface area contributed by atoms with Crippen LogP contribution in [-0.4, -0.2) is 9.67 Å². The Hall–Kier alpha value is -2.81. The van der Waals surface area contributed by atoms with E-state index in [0.29, 0.717) is 5.88 Å². The van der Waals surface area contributed by atoms with Gasteiger partial charge in [-0.25, -0.2) is 0 Å². The first-order valence-electron chi connectivity index (χ1n) is 8.92. The van der Waals surface area contributed by atoms with Crippen molar-refractivity contribution in [2.75, 3.05) is 0 Å².